The molecule has 0 radical (unpaired) electrons. The number of hydrogen-bond donors (Lipinski definition) is 0. The van der Waals surface area contributed by atoms with Crippen LogP contribution in [0, 0.1) is 29.1 Å². The maximum absolute atomic E-state index is 12.3. The van der Waals surface area contributed by atoms with Gasteiger partial charge in [0.2, 0.25) is 0 Å². The molecular formula is C18H24O2. The Morgan fingerprint density at radius 2 is 1.95 bits per heavy atom. The van der Waals surface area contributed by atoms with E-state index < -0.39 is 0 Å². The third-order valence-corrected chi connectivity index (χ3v) is 6.98. The van der Waals surface area contributed by atoms with Crippen LogP contribution in [0.15, 0.2) is 11.6 Å². The minimum atomic E-state index is -0.0169. The van der Waals surface area contributed by atoms with Crippen LogP contribution in [0.4, 0.5) is 0 Å². The van der Waals surface area contributed by atoms with Gasteiger partial charge in [0, 0.05) is 24.7 Å². The highest BCUT2D eigenvalue weighted by Crippen LogP contribution is 2.59. The largest absolute Gasteiger partial charge is 0.299 e. The Morgan fingerprint density at radius 1 is 1.10 bits per heavy atom. The van der Waals surface area contributed by atoms with Crippen molar-refractivity contribution >= 4 is 11.6 Å². The first-order valence-electron chi connectivity index (χ1n) is 8.33. The van der Waals surface area contributed by atoms with E-state index in [9.17, 15) is 9.59 Å². The molecule has 2 nitrogen and oxygen atoms in total. The first-order chi connectivity index (χ1) is 9.59. The molecule has 0 heterocycles. The van der Waals surface area contributed by atoms with Crippen LogP contribution in [0.3, 0.4) is 0 Å². The van der Waals surface area contributed by atoms with Crippen molar-refractivity contribution in [1.82, 2.24) is 0 Å². The second-order valence-electron chi connectivity index (χ2n) is 7.73. The van der Waals surface area contributed by atoms with Gasteiger partial charge in [0.25, 0.3) is 0 Å². The molecule has 0 aromatic rings. The van der Waals surface area contributed by atoms with Crippen molar-refractivity contribution in [1.29, 1.82) is 0 Å². The fraction of sp³-hybridized carbons (Fsp3) is 0.778. The van der Waals surface area contributed by atoms with Gasteiger partial charge in [0.15, 0.2) is 0 Å². The normalized spacial score (nSPS) is 47.4. The van der Waals surface area contributed by atoms with Gasteiger partial charge in [-0.2, -0.15) is 0 Å². The number of allylic oxidation sites excluding steroid dienone is 2. The SMILES string of the molecule is C[C@]12CC[C@@H]3[C@@H](CC=C4CC(=O)CC[C@@H]43)[C@H]1CCC2=O. The predicted molar refractivity (Wildman–Crippen MR) is 77.1 cm³/mol. The second-order valence-corrected chi connectivity index (χ2v) is 7.73. The molecule has 0 N–H and O–H groups in total. The van der Waals surface area contributed by atoms with Crippen molar-refractivity contribution in [2.45, 2.75) is 58.3 Å². The summed E-state index contributed by atoms with van der Waals surface area (Å²) in [5.41, 5.74) is 1.42. The van der Waals surface area contributed by atoms with E-state index in [-0.39, 0.29) is 5.41 Å². The first kappa shape index (κ1) is 12.8. The minimum absolute atomic E-state index is 0.0169. The second kappa shape index (κ2) is 4.29. The topological polar surface area (TPSA) is 34.1 Å². The molecule has 4 aliphatic rings. The summed E-state index contributed by atoms with van der Waals surface area (Å²) >= 11 is 0. The molecule has 3 fully saturated rings. The zero-order chi connectivity index (χ0) is 13.9. The highest BCUT2D eigenvalue weighted by atomic mass is 16.1. The van der Waals surface area contributed by atoms with Crippen LogP contribution in [0.5, 0.6) is 0 Å². The highest BCUT2D eigenvalue weighted by molar-refractivity contribution is 5.87. The lowest BCUT2D eigenvalue weighted by Gasteiger charge is -2.51. The van der Waals surface area contributed by atoms with Crippen molar-refractivity contribution in [3.05, 3.63) is 11.6 Å². The molecule has 0 amide bonds. The van der Waals surface area contributed by atoms with Gasteiger partial charge in [-0.25, -0.2) is 0 Å². The smallest absolute Gasteiger partial charge is 0.139 e. The summed E-state index contributed by atoms with van der Waals surface area (Å²) in [6, 6.07) is 0. The molecule has 4 rings (SSSR count). The summed E-state index contributed by atoms with van der Waals surface area (Å²) < 4.78 is 0. The van der Waals surface area contributed by atoms with Gasteiger partial charge in [-0.15, -0.1) is 0 Å². The molecule has 0 unspecified atom stereocenters. The summed E-state index contributed by atoms with van der Waals surface area (Å²) in [6.07, 6.45) is 10.3. The first-order valence-corrected chi connectivity index (χ1v) is 8.33. The molecule has 0 spiro atoms. The van der Waals surface area contributed by atoms with Crippen LogP contribution in [0.25, 0.3) is 0 Å². The van der Waals surface area contributed by atoms with E-state index in [1.165, 1.54) is 12.0 Å². The predicted octanol–water partition coefficient (Wildman–Crippen LogP) is 3.70. The number of Topliss-reactive ketones (excluding diaryl/α,β-unsaturated/α-hetero) is 2. The number of fused-ring (bicyclic) bond motifs is 5. The summed E-state index contributed by atoms with van der Waals surface area (Å²) in [7, 11) is 0. The molecule has 20 heavy (non-hydrogen) atoms. The molecule has 2 heteroatoms. The van der Waals surface area contributed by atoms with Crippen LogP contribution < -0.4 is 0 Å². The van der Waals surface area contributed by atoms with Crippen LogP contribution in [-0.4, -0.2) is 11.6 Å². The van der Waals surface area contributed by atoms with Crippen LogP contribution >= 0.6 is 0 Å². The Kier molecular flexibility index (Phi) is 2.74. The summed E-state index contributed by atoms with van der Waals surface area (Å²) in [6.45, 7) is 2.23. The Labute approximate surface area is 121 Å². The Balaban J connectivity index is 1.65. The number of hydrogen-bond acceptors (Lipinski definition) is 2. The van der Waals surface area contributed by atoms with Crippen molar-refractivity contribution in [3.63, 3.8) is 0 Å². The Bertz CT molecular complexity index is 504. The molecule has 0 saturated heterocycles. The summed E-state index contributed by atoms with van der Waals surface area (Å²) in [5, 5.41) is 0. The van der Waals surface area contributed by atoms with Crippen molar-refractivity contribution in [2.75, 3.05) is 0 Å². The van der Waals surface area contributed by atoms with Gasteiger partial charge in [-0.1, -0.05) is 18.6 Å². The molecule has 0 bridgehead atoms. The van der Waals surface area contributed by atoms with Crippen molar-refractivity contribution in [2.24, 2.45) is 29.1 Å². The third-order valence-electron chi connectivity index (χ3n) is 6.98. The standard InChI is InChI=1S/C18H24O2/c1-18-9-8-14-13-5-3-12(19)10-11(13)2-4-15(14)16(18)6-7-17(18)20/h2,13-16H,3-10H2,1H3/t13-,14-,15+,16+,18-/m0/s1. The number of rotatable bonds is 0. The van der Waals surface area contributed by atoms with E-state index >= 15 is 0 Å². The summed E-state index contributed by atoms with van der Waals surface area (Å²) in [5.74, 6) is 3.70. The van der Waals surface area contributed by atoms with E-state index in [2.05, 4.69) is 13.0 Å². The van der Waals surface area contributed by atoms with E-state index in [4.69, 9.17) is 0 Å². The van der Waals surface area contributed by atoms with E-state index in [1.54, 1.807) is 0 Å². The Morgan fingerprint density at radius 3 is 2.80 bits per heavy atom. The van der Waals surface area contributed by atoms with Crippen LogP contribution in [-0.2, 0) is 9.59 Å². The fourth-order valence-corrected chi connectivity index (χ4v) is 5.88. The van der Waals surface area contributed by atoms with E-state index in [1.807, 2.05) is 0 Å². The highest BCUT2D eigenvalue weighted by Gasteiger charge is 2.55. The molecule has 0 aromatic carbocycles. The zero-order valence-electron chi connectivity index (χ0n) is 12.4. The summed E-state index contributed by atoms with van der Waals surface area (Å²) in [4.78, 5) is 23.9. The average Bonchev–Trinajstić information content (AvgIpc) is 2.74. The molecule has 4 aliphatic carbocycles. The lowest BCUT2D eigenvalue weighted by Crippen LogP contribution is -2.46. The van der Waals surface area contributed by atoms with Crippen molar-refractivity contribution in [3.8, 4) is 0 Å². The van der Waals surface area contributed by atoms with Gasteiger partial charge >= 0.3 is 0 Å². The maximum Gasteiger partial charge on any atom is 0.139 e. The monoisotopic (exact) mass is 272 g/mol. The molecular weight excluding hydrogens is 248 g/mol. The molecule has 3 saturated carbocycles. The lowest BCUT2D eigenvalue weighted by atomic mass is 9.53. The molecule has 108 valence electrons. The Hall–Kier alpha value is -0.920. The number of carbonyl (C=O) groups is 2. The van der Waals surface area contributed by atoms with Gasteiger partial charge in [-0.05, 0) is 55.8 Å². The molecule has 5 atom stereocenters. The maximum atomic E-state index is 12.3. The number of carbonyl (C=O) groups excluding carboxylic acids is 2. The fourth-order valence-electron chi connectivity index (χ4n) is 5.88. The average molecular weight is 272 g/mol. The zero-order valence-corrected chi connectivity index (χ0v) is 12.4. The molecule has 0 aliphatic heterocycles. The molecule has 0 aromatic heterocycles. The quantitative estimate of drug-likeness (QED) is 0.630. The van der Waals surface area contributed by atoms with Gasteiger partial charge in [0.05, 0.1) is 0 Å². The van der Waals surface area contributed by atoms with E-state index in [0.29, 0.717) is 29.3 Å². The third kappa shape index (κ3) is 1.63. The van der Waals surface area contributed by atoms with E-state index in [0.717, 1.165) is 50.9 Å². The van der Waals surface area contributed by atoms with Gasteiger partial charge < -0.3 is 0 Å². The number of ketones is 2. The minimum Gasteiger partial charge on any atom is -0.299 e. The van der Waals surface area contributed by atoms with Crippen molar-refractivity contribution < 1.29 is 9.59 Å². The van der Waals surface area contributed by atoms with Crippen LogP contribution in [0.2, 0.25) is 0 Å². The van der Waals surface area contributed by atoms with Gasteiger partial charge in [-0.3, -0.25) is 9.59 Å². The van der Waals surface area contributed by atoms with Crippen LogP contribution in [0.1, 0.15) is 58.3 Å². The lowest BCUT2D eigenvalue weighted by molar-refractivity contribution is -0.130. The van der Waals surface area contributed by atoms with Gasteiger partial charge in [0.1, 0.15) is 11.6 Å².